The molecule has 3 aliphatic heterocycles. The lowest BCUT2D eigenvalue weighted by Crippen LogP contribution is -2.52. The second-order valence-electron chi connectivity index (χ2n) is 12.3. The van der Waals surface area contributed by atoms with E-state index in [1.54, 1.807) is 13.2 Å². The van der Waals surface area contributed by atoms with E-state index in [9.17, 15) is 8.42 Å². The second-order valence-corrected chi connectivity index (χ2v) is 14.8. The zero-order chi connectivity index (χ0) is 32.6. The van der Waals surface area contributed by atoms with Crippen LogP contribution in [0.4, 0.5) is 34.5 Å². The Kier molecular flexibility index (Phi) is 9.38. The SMILES string of the molecule is COc1cc(N2CCC(N3CCN(C)CC3)CC2)c(C)cc1Nc1ncc(Cl)c(Nc2cc3c(cc2N(C)S(C)(=O)=O)CCO3)n1. The fraction of sp³-hybridized carbons (Fsp3) is 0.500. The summed E-state index contributed by atoms with van der Waals surface area (Å²) in [5.74, 6) is 2.00. The van der Waals surface area contributed by atoms with Crippen LogP contribution >= 0.6 is 11.6 Å². The molecule has 6 rings (SSSR count). The zero-order valence-corrected chi connectivity index (χ0v) is 28.7. The van der Waals surface area contributed by atoms with Crippen molar-refractivity contribution in [2.75, 3.05) is 93.2 Å². The number of ether oxygens (including phenoxy) is 2. The summed E-state index contributed by atoms with van der Waals surface area (Å²) < 4.78 is 37.7. The van der Waals surface area contributed by atoms with Gasteiger partial charge in [0, 0.05) is 76.6 Å². The third-order valence-corrected chi connectivity index (χ3v) is 10.7. The monoisotopic (exact) mass is 670 g/mol. The van der Waals surface area contributed by atoms with Crippen LogP contribution in [-0.4, -0.2) is 108 Å². The van der Waals surface area contributed by atoms with Gasteiger partial charge >= 0.3 is 0 Å². The van der Waals surface area contributed by atoms with Crippen LogP contribution < -0.4 is 29.3 Å². The number of likely N-dealkylation sites (N-methyl/N-ethyl adjacent to an activating group) is 1. The summed E-state index contributed by atoms with van der Waals surface area (Å²) in [5, 5.41) is 6.79. The van der Waals surface area contributed by atoms with E-state index in [2.05, 4.69) is 61.4 Å². The first-order valence-corrected chi connectivity index (χ1v) is 17.9. The van der Waals surface area contributed by atoms with Crippen LogP contribution in [0.15, 0.2) is 30.5 Å². The van der Waals surface area contributed by atoms with Crippen molar-refractivity contribution in [3.63, 3.8) is 0 Å². The Hall–Kier alpha value is -3.52. The van der Waals surface area contributed by atoms with Gasteiger partial charge in [-0.3, -0.25) is 9.21 Å². The predicted octanol–water partition coefficient (Wildman–Crippen LogP) is 4.48. The molecule has 0 amide bonds. The third kappa shape index (κ3) is 6.92. The van der Waals surface area contributed by atoms with Crippen molar-refractivity contribution >= 4 is 56.1 Å². The third-order valence-electron chi connectivity index (χ3n) is 9.27. The highest BCUT2D eigenvalue weighted by Crippen LogP contribution is 2.40. The number of anilines is 6. The van der Waals surface area contributed by atoms with Crippen LogP contribution in [0, 0.1) is 6.92 Å². The molecule has 2 aromatic carbocycles. The molecule has 0 saturated carbocycles. The first-order chi connectivity index (χ1) is 22.0. The lowest BCUT2D eigenvalue weighted by atomic mass is 10.0. The van der Waals surface area contributed by atoms with Crippen LogP contribution in [-0.2, 0) is 16.4 Å². The van der Waals surface area contributed by atoms with Gasteiger partial charge in [0.05, 0.1) is 43.2 Å². The van der Waals surface area contributed by atoms with E-state index < -0.39 is 10.0 Å². The van der Waals surface area contributed by atoms with Crippen molar-refractivity contribution in [1.29, 1.82) is 0 Å². The molecular weight excluding hydrogens is 628 g/mol. The molecule has 1 aromatic heterocycles. The zero-order valence-electron chi connectivity index (χ0n) is 27.1. The van der Waals surface area contributed by atoms with Gasteiger partial charge in [-0.1, -0.05) is 11.6 Å². The number of halogens is 1. The van der Waals surface area contributed by atoms with Crippen molar-refractivity contribution < 1.29 is 17.9 Å². The van der Waals surface area contributed by atoms with Gasteiger partial charge in [-0.05, 0) is 50.1 Å². The summed E-state index contributed by atoms with van der Waals surface area (Å²) in [5.41, 5.74) is 4.93. The topological polar surface area (TPSA) is 115 Å². The summed E-state index contributed by atoms with van der Waals surface area (Å²) in [6, 6.07) is 8.39. The van der Waals surface area contributed by atoms with Crippen molar-refractivity contribution in [3.8, 4) is 11.5 Å². The molecule has 0 unspecified atom stereocenters. The molecule has 2 N–H and O–H groups in total. The van der Waals surface area contributed by atoms with E-state index in [-0.39, 0.29) is 5.02 Å². The molecule has 0 radical (unpaired) electrons. The van der Waals surface area contributed by atoms with Gasteiger partial charge in [-0.15, -0.1) is 0 Å². The highest BCUT2D eigenvalue weighted by molar-refractivity contribution is 7.92. The van der Waals surface area contributed by atoms with Gasteiger partial charge in [-0.25, -0.2) is 13.4 Å². The normalized spacial score (nSPS) is 17.8. The maximum Gasteiger partial charge on any atom is 0.232 e. The number of nitrogens with zero attached hydrogens (tertiary/aromatic N) is 6. The molecule has 0 spiro atoms. The number of nitrogens with one attached hydrogen (secondary N) is 2. The lowest BCUT2D eigenvalue weighted by molar-refractivity contribution is 0.0982. The fourth-order valence-corrected chi connectivity index (χ4v) is 7.10. The highest BCUT2D eigenvalue weighted by atomic mass is 35.5. The smallest absolute Gasteiger partial charge is 0.232 e. The molecular formula is C32H43ClN8O4S. The number of rotatable bonds is 9. The van der Waals surface area contributed by atoms with Gasteiger partial charge < -0.3 is 29.9 Å². The number of hydrogen-bond acceptors (Lipinski definition) is 11. The van der Waals surface area contributed by atoms with E-state index >= 15 is 0 Å². The molecule has 3 aliphatic rings. The van der Waals surface area contributed by atoms with Crippen LogP contribution in [0.1, 0.15) is 24.0 Å². The summed E-state index contributed by atoms with van der Waals surface area (Å²) in [7, 11) is 1.85. The van der Waals surface area contributed by atoms with E-state index in [4.69, 9.17) is 21.1 Å². The minimum absolute atomic E-state index is 0.276. The van der Waals surface area contributed by atoms with E-state index in [0.717, 1.165) is 75.2 Å². The Bertz CT molecular complexity index is 1690. The van der Waals surface area contributed by atoms with Crippen molar-refractivity contribution in [2.24, 2.45) is 0 Å². The minimum atomic E-state index is -3.53. The number of aromatic nitrogens is 2. The molecule has 46 heavy (non-hydrogen) atoms. The van der Waals surface area contributed by atoms with E-state index in [1.807, 2.05) is 6.07 Å². The van der Waals surface area contributed by atoms with E-state index in [1.165, 1.54) is 23.2 Å². The summed E-state index contributed by atoms with van der Waals surface area (Å²) in [4.78, 5) is 16.6. The van der Waals surface area contributed by atoms with Crippen LogP contribution in [0.2, 0.25) is 5.02 Å². The van der Waals surface area contributed by atoms with Crippen molar-refractivity contribution in [1.82, 2.24) is 19.8 Å². The highest BCUT2D eigenvalue weighted by Gasteiger charge is 2.28. The lowest BCUT2D eigenvalue weighted by Gasteiger charge is -2.43. The number of piperidine rings is 1. The molecule has 3 aromatic rings. The van der Waals surface area contributed by atoms with E-state index in [0.29, 0.717) is 53.7 Å². The summed E-state index contributed by atoms with van der Waals surface area (Å²) in [6.45, 7) is 9.25. The largest absolute Gasteiger partial charge is 0.494 e. The van der Waals surface area contributed by atoms with Gasteiger partial charge in [0.1, 0.15) is 16.5 Å². The molecule has 248 valence electrons. The number of hydrogen-bond donors (Lipinski definition) is 2. The molecule has 0 bridgehead atoms. The van der Waals surface area contributed by atoms with Crippen LogP contribution in [0.25, 0.3) is 0 Å². The number of piperazine rings is 1. The summed E-state index contributed by atoms with van der Waals surface area (Å²) >= 11 is 6.53. The second kappa shape index (κ2) is 13.3. The van der Waals surface area contributed by atoms with Gasteiger partial charge in [-0.2, -0.15) is 4.98 Å². The number of fused-ring (bicyclic) bond motifs is 1. The average molecular weight is 671 g/mol. The van der Waals surface area contributed by atoms with Gasteiger partial charge in [0.15, 0.2) is 5.82 Å². The number of aryl methyl sites for hydroxylation is 1. The molecule has 0 aliphatic carbocycles. The first kappa shape index (κ1) is 32.4. The Balaban J connectivity index is 1.20. The van der Waals surface area contributed by atoms with Crippen molar-refractivity contribution in [2.45, 2.75) is 32.2 Å². The van der Waals surface area contributed by atoms with Gasteiger partial charge in [0.25, 0.3) is 0 Å². The molecule has 0 atom stereocenters. The standard InChI is InChI=1S/C32H43ClN8O4S/c1-21-16-26(30(44-4)19-27(21)41-9-6-23(7-10-41)40-13-11-38(2)12-14-40)36-32-34-20-24(33)31(37-32)35-25-18-29-22(8-15-45-29)17-28(25)39(3)46(5,42)43/h16-20,23H,6-15H2,1-5H3,(H2,34,35,36,37). The molecule has 2 saturated heterocycles. The first-order valence-electron chi connectivity index (χ1n) is 15.7. The Labute approximate surface area is 276 Å². The van der Waals surface area contributed by atoms with Crippen molar-refractivity contribution in [3.05, 3.63) is 46.6 Å². The fourth-order valence-electron chi connectivity index (χ4n) is 6.46. The maximum atomic E-state index is 12.5. The molecule has 4 heterocycles. The average Bonchev–Trinajstić information content (AvgIpc) is 3.50. The molecule has 2 fully saturated rings. The minimum Gasteiger partial charge on any atom is -0.494 e. The quantitative estimate of drug-likeness (QED) is 0.336. The number of methoxy groups -OCH3 is 1. The Morgan fingerprint density at radius 3 is 2.48 bits per heavy atom. The maximum absolute atomic E-state index is 12.5. The molecule has 12 nitrogen and oxygen atoms in total. The molecule has 14 heteroatoms. The number of benzene rings is 2. The van der Waals surface area contributed by atoms with Gasteiger partial charge in [0.2, 0.25) is 16.0 Å². The Morgan fingerprint density at radius 1 is 1.04 bits per heavy atom. The summed E-state index contributed by atoms with van der Waals surface area (Å²) in [6.07, 6.45) is 5.67. The number of sulfonamides is 1. The predicted molar refractivity (Wildman–Crippen MR) is 185 cm³/mol. The van der Waals surface area contributed by atoms with Crippen LogP contribution in [0.5, 0.6) is 11.5 Å². The Morgan fingerprint density at radius 2 is 1.78 bits per heavy atom. The van der Waals surface area contributed by atoms with Crippen LogP contribution in [0.3, 0.4) is 0 Å².